The van der Waals surface area contributed by atoms with Crippen LogP contribution in [0.1, 0.15) is 11.1 Å². The number of benzene rings is 1. The molecule has 2 rings (SSSR count). The molecule has 2 aromatic rings. The van der Waals surface area contributed by atoms with Crippen LogP contribution in [-0.4, -0.2) is 9.78 Å². The highest BCUT2D eigenvalue weighted by molar-refractivity contribution is 6.30. The van der Waals surface area contributed by atoms with Crippen LogP contribution < -0.4 is 5.73 Å². The Morgan fingerprint density at radius 3 is 2.94 bits per heavy atom. The molecule has 3 nitrogen and oxygen atoms in total. The van der Waals surface area contributed by atoms with Crippen molar-refractivity contribution in [3.63, 3.8) is 0 Å². The van der Waals surface area contributed by atoms with E-state index in [4.69, 9.17) is 17.3 Å². The van der Waals surface area contributed by atoms with Gasteiger partial charge in [-0.15, -0.1) is 0 Å². The van der Waals surface area contributed by atoms with Gasteiger partial charge in [-0.05, 0) is 6.07 Å². The highest BCUT2D eigenvalue weighted by atomic mass is 35.5. The van der Waals surface area contributed by atoms with Gasteiger partial charge in [0.05, 0.1) is 17.8 Å². The summed E-state index contributed by atoms with van der Waals surface area (Å²) in [5.74, 6) is -0.394. The third kappa shape index (κ3) is 2.23. The number of aromatic nitrogens is 2. The zero-order valence-electron chi connectivity index (χ0n) is 8.53. The summed E-state index contributed by atoms with van der Waals surface area (Å²) in [6.45, 7) is 0.782. The fraction of sp³-hybridized carbons (Fsp3) is 0.182. The number of halogens is 2. The average molecular weight is 240 g/mol. The summed E-state index contributed by atoms with van der Waals surface area (Å²) in [6.07, 6.45) is 3.46. The summed E-state index contributed by atoms with van der Waals surface area (Å²) in [5.41, 5.74) is 6.89. The Balaban J connectivity index is 2.23. The molecule has 0 amide bonds. The van der Waals surface area contributed by atoms with Gasteiger partial charge in [0.15, 0.2) is 0 Å². The van der Waals surface area contributed by atoms with Crippen molar-refractivity contribution in [1.29, 1.82) is 0 Å². The summed E-state index contributed by atoms with van der Waals surface area (Å²) in [5, 5.41) is 4.21. The molecule has 2 N–H and O–H groups in total. The van der Waals surface area contributed by atoms with Crippen molar-refractivity contribution in [2.24, 2.45) is 5.73 Å². The van der Waals surface area contributed by atoms with Crippen LogP contribution in [0.25, 0.3) is 0 Å². The van der Waals surface area contributed by atoms with Crippen LogP contribution in [0.2, 0.25) is 5.02 Å². The Morgan fingerprint density at radius 2 is 2.25 bits per heavy atom. The highest BCUT2D eigenvalue weighted by Gasteiger charge is 2.07. The molecule has 0 radical (unpaired) electrons. The molecule has 0 spiro atoms. The lowest BCUT2D eigenvalue weighted by molar-refractivity contribution is 0.585. The lowest BCUT2D eigenvalue weighted by Crippen LogP contribution is -2.02. The fourth-order valence-electron chi connectivity index (χ4n) is 1.44. The normalized spacial score (nSPS) is 10.7. The summed E-state index contributed by atoms with van der Waals surface area (Å²) in [4.78, 5) is 0. The number of rotatable bonds is 3. The molecule has 0 saturated heterocycles. The fourth-order valence-corrected chi connectivity index (χ4v) is 1.64. The van der Waals surface area contributed by atoms with Crippen LogP contribution in [0.3, 0.4) is 0 Å². The summed E-state index contributed by atoms with van der Waals surface area (Å²) < 4.78 is 15.2. The first-order chi connectivity index (χ1) is 7.70. The molecule has 16 heavy (non-hydrogen) atoms. The van der Waals surface area contributed by atoms with E-state index in [0.717, 1.165) is 5.56 Å². The van der Waals surface area contributed by atoms with Gasteiger partial charge in [-0.2, -0.15) is 5.10 Å². The van der Waals surface area contributed by atoms with E-state index < -0.39 is 5.82 Å². The minimum atomic E-state index is -0.394. The Bertz CT molecular complexity index is 496. The molecule has 84 valence electrons. The Labute approximate surface area is 97.6 Å². The topological polar surface area (TPSA) is 43.8 Å². The van der Waals surface area contributed by atoms with Crippen LogP contribution in [0, 0.1) is 5.82 Å². The van der Waals surface area contributed by atoms with E-state index in [2.05, 4.69) is 5.10 Å². The van der Waals surface area contributed by atoms with E-state index in [9.17, 15) is 4.39 Å². The van der Waals surface area contributed by atoms with Gasteiger partial charge in [-0.3, -0.25) is 4.68 Å². The first-order valence-electron chi connectivity index (χ1n) is 4.85. The van der Waals surface area contributed by atoms with Crippen LogP contribution in [0.4, 0.5) is 4.39 Å². The second-order valence-electron chi connectivity index (χ2n) is 3.46. The molecule has 0 aliphatic rings. The van der Waals surface area contributed by atoms with Crippen molar-refractivity contribution >= 4 is 11.6 Å². The highest BCUT2D eigenvalue weighted by Crippen LogP contribution is 2.18. The lowest BCUT2D eigenvalue weighted by Gasteiger charge is -2.04. The summed E-state index contributed by atoms with van der Waals surface area (Å²) in [7, 11) is 0. The Morgan fingerprint density at radius 1 is 1.44 bits per heavy atom. The van der Waals surface area contributed by atoms with Crippen molar-refractivity contribution in [2.45, 2.75) is 13.1 Å². The molecule has 1 aromatic carbocycles. The van der Waals surface area contributed by atoms with Gasteiger partial charge >= 0.3 is 0 Å². The van der Waals surface area contributed by atoms with E-state index in [1.54, 1.807) is 29.2 Å². The van der Waals surface area contributed by atoms with Crippen LogP contribution in [0.15, 0.2) is 30.6 Å². The molecule has 5 heteroatoms. The van der Waals surface area contributed by atoms with Crippen molar-refractivity contribution in [1.82, 2.24) is 9.78 Å². The van der Waals surface area contributed by atoms with Gasteiger partial charge in [0, 0.05) is 23.9 Å². The third-order valence-electron chi connectivity index (χ3n) is 2.29. The van der Waals surface area contributed by atoms with Crippen LogP contribution in [0.5, 0.6) is 0 Å². The maximum Gasteiger partial charge on any atom is 0.146 e. The summed E-state index contributed by atoms with van der Waals surface area (Å²) in [6, 6.07) is 4.92. The maximum atomic E-state index is 13.6. The van der Waals surface area contributed by atoms with E-state index in [-0.39, 0.29) is 5.02 Å². The molecular formula is C11H11ClFN3. The molecule has 0 unspecified atom stereocenters. The van der Waals surface area contributed by atoms with Gasteiger partial charge in [-0.1, -0.05) is 23.7 Å². The molecule has 0 aliphatic heterocycles. The van der Waals surface area contributed by atoms with E-state index >= 15 is 0 Å². The maximum absolute atomic E-state index is 13.6. The quantitative estimate of drug-likeness (QED) is 0.892. The van der Waals surface area contributed by atoms with Gasteiger partial charge in [-0.25, -0.2) is 4.39 Å². The standard InChI is InChI=1S/C11H11ClFN3/c12-10-3-1-2-9(11(10)13)7-16-6-8(4-14)5-15-16/h1-3,5-6H,4,7,14H2. The first-order valence-corrected chi connectivity index (χ1v) is 5.23. The molecule has 0 aliphatic carbocycles. The zero-order chi connectivity index (χ0) is 11.5. The number of hydrogen-bond donors (Lipinski definition) is 1. The number of hydrogen-bond acceptors (Lipinski definition) is 2. The summed E-state index contributed by atoms with van der Waals surface area (Å²) >= 11 is 5.69. The predicted molar refractivity (Wildman–Crippen MR) is 60.6 cm³/mol. The molecule has 0 bridgehead atoms. The van der Waals surface area contributed by atoms with Crippen molar-refractivity contribution in [3.8, 4) is 0 Å². The zero-order valence-corrected chi connectivity index (χ0v) is 9.28. The lowest BCUT2D eigenvalue weighted by atomic mass is 10.2. The number of nitrogens with two attached hydrogens (primary N) is 1. The van der Waals surface area contributed by atoms with Crippen molar-refractivity contribution < 1.29 is 4.39 Å². The second kappa shape index (κ2) is 4.63. The van der Waals surface area contributed by atoms with Crippen LogP contribution >= 0.6 is 11.6 Å². The van der Waals surface area contributed by atoms with E-state index in [0.29, 0.717) is 18.7 Å². The smallest absolute Gasteiger partial charge is 0.146 e. The molecule has 0 atom stereocenters. The van der Waals surface area contributed by atoms with Gasteiger partial charge in [0.25, 0.3) is 0 Å². The van der Waals surface area contributed by atoms with E-state index in [1.165, 1.54) is 6.07 Å². The van der Waals surface area contributed by atoms with Gasteiger partial charge in [0.1, 0.15) is 5.82 Å². The minimum absolute atomic E-state index is 0.128. The largest absolute Gasteiger partial charge is 0.326 e. The molecule has 0 fully saturated rings. The van der Waals surface area contributed by atoms with Gasteiger partial charge < -0.3 is 5.73 Å². The van der Waals surface area contributed by atoms with Gasteiger partial charge in [0.2, 0.25) is 0 Å². The second-order valence-corrected chi connectivity index (χ2v) is 3.87. The Hall–Kier alpha value is -1.39. The molecule has 1 heterocycles. The monoisotopic (exact) mass is 239 g/mol. The Kier molecular flexibility index (Phi) is 3.22. The van der Waals surface area contributed by atoms with Crippen molar-refractivity contribution in [2.75, 3.05) is 0 Å². The van der Waals surface area contributed by atoms with Crippen LogP contribution in [-0.2, 0) is 13.1 Å². The SMILES string of the molecule is NCc1cnn(Cc2cccc(Cl)c2F)c1. The number of nitrogens with zero attached hydrogens (tertiary/aromatic N) is 2. The first kappa shape index (κ1) is 11.1. The van der Waals surface area contributed by atoms with Crippen molar-refractivity contribution in [3.05, 3.63) is 52.6 Å². The van der Waals surface area contributed by atoms with E-state index in [1.807, 2.05) is 0 Å². The molecular weight excluding hydrogens is 229 g/mol. The minimum Gasteiger partial charge on any atom is -0.326 e. The molecule has 1 aromatic heterocycles. The third-order valence-corrected chi connectivity index (χ3v) is 2.58. The molecule has 0 saturated carbocycles. The predicted octanol–water partition coefficient (Wildman–Crippen LogP) is 2.18. The average Bonchev–Trinajstić information content (AvgIpc) is 2.73.